The second kappa shape index (κ2) is 11.5. The lowest BCUT2D eigenvalue weighted by Crippen LogP contribution is -2.01. The number of carbonyl (C=O) groups excluding carboxylic acids is 1. The van der Waals surface area contributed by atoms with Crippen LogP contribution < -0.4 is 14.2 Å². The average Bonchev–Trinajstić information content (AvgIpc) is 3.30. The summed E-state index contributed by atoms with van der Waals surface area (Å²) in [6.45, 7) is 2.54. The molecule has 2 aromatic carbocycles. The third kappa shape index (κ3) is 6.33. The van der Waals surface area contributed by atoms with Crippen LogP contribution in [-0.2, 0) is 16.1 Å². The topological polar surface area (TPSA) is 90.7 Å². The summed E-state index contributed by atoms with van der Waals surface area (Å²) in [7, 11) is 1.60. The molecule has 0 aliphatic carbocycles. The van der Waals surface area contributed by atoms with Gasteiger partial charge < -0.3 is 18.9 Å². The van der Waals surface area contributed by atoms with Crippen LogP contribution >= 0.6 is 11.3 Å². The Hall–Kier alpha value is -3.83. The van der Waals surface area contributed by atoms with Gasteiger partial charge in [-0.3, -0.25) is 0 Å². The normalized spacial score (nSPS) is 10.5. The summed E-state index contributed by atoms with van der Waals surface area (Å²) in [6.07, 6.45) is 3.00. The molecule has 0 atom stereocenters. The number of thiazole rings is 1. The predicted octanol–water partition coefficient (Wildman–Crippen LogP) is 4.88. The molecule has 3 aromatic rings. The highest BCUT2D eigenvalue weighted by Crippen LogP contribution is 2.33. The van der Waals surface area contributed by atoms with E-state index in [9.17, 15) is 4.79 Å². The molecule has 164 valence electrons. The number of nitrogens with zero attached hydrogens (tertiary/aromatic N) is 2. The Bertz CT molecular complexity index is 1120. The Kier molecular flexibility index (Phi) is 8.23. The first-order chi connectivity index (χ1) is 15.6. The van der Waals surface area contributed by atoms with Crippen molar-refractivity contribution >= 4 is 23.4 Å². The molecule has 0 saturated heterocycles. The van der Waals surface area contributed by atoms with Crippen molar-refractivity contribution < 1.29 is 23.7 Å². The van der Waals surface area contributed by atoms with Crippen molar-refractivity contribution in [1.29, 1.82) is 5.26 Å². The van der Waals surface area contributed by atoms with Crippen molar-refractivity contribution in [2.75, 3.05) is 20.3 Å². The van der Waals surface area contributed by atoms with Gasteiger partial charge in [-0.25, -0.2) is 9.78 Å². The van der Waals surface area contributed by atoms with Gasteiger partial charge in [0.25, 0.3) is 0 Å². The standard InChI is InChI=1S/C24H22N2O5S/c1-3-29-21-10-7-18(14-22(21)28-2)24-26-19(16-32-24)15-31-23(27)11-6-17-4-8-20(9-5-17)30-13-12-25/h4-11,14,16H,3,13,15H2,1-2H3/b11-6+. The van der Waals surface area contributed by atoms with Crippen LogP contribution in [0.25, 0.3) is 16.6 Å². The van der Waals surface area contributed by atoms with E-state index in [1.54, 1.807) is 37.5 Å². The molecule has 1 aromatic heterocycles. The van der Waals surface area contributed by atoms with Gasteiger partial charge in [0.05, 0.1) is 19.4 Å². The van der Waals surface area contributed by atoms with E-state index in [1.807, 2.05) is 36.6 Å². The minimum absolute atomic E-state index is 0.00797. The largest absolute Gasteiger partial charge is 0.493 e. The molecule has 7 nitrogen and oxygen atoms in total. The molecule has 3 rings (SSSR count). The third-order valence-electron chi connectivity index (χ3n) is 4.22. The molecular formula is C24H22N2O5S. The van der Waals surface area contributed by atoms with E-state index in [0.29, 0.717) is 29.5 Å². The van der Waals surface area contributed by atoms with Crippen LogP contribution in [0.5, 0.6) is 17.2 Å². The minimum atomic E-state index is -0.466. The average molecular weight is 451 g/mol. The van der Waals surface area contributed by atoms with Crippen LogP contribution in [-0.4, -0.2) is 31.3 Å². The van der Waals surface area contributed by atoms with E-state index in [-0.39, 0.29) is 13.2 Å². The van der Waals surface area contributed by atoms with Crippen molar-refractivity contribution in [3.63, 3.8) is 0 Å². The number of nitriles is 1. The molecule has 0 fully saturated rings. The second-order valence-corrected chi connectivity index (χ2v) is 7.26. The van der Waals surface area contributed by atoms with Crippen molar-refractivity contribution in [3.8, 4) is 33.9 Å². The lowest BCUT2D eigenvalue weighted by molar-refractivity contribution is -0.139. The molecule has 0 spiro atoms. The fourth-order valence-electron chi connectivity index (χ4n) is 2.73. The lowest BCUT2D eigenvalue weighted by atomic mass is 10.2. The maximum atomic E-state index is 12.0. The Morgan fingerprint density at radius 1 is 1.16 bits per heavy atom. The first-order valence-electron chi connectivity index (χ1n) is 9.83. The number of esters is 1. The lowest BCUT2D eigenvalue weighted by Gasteiger charge is -2.09. The van der Waals surface area contributed by atoms with Gasteiger partial charge in [-0.2, -0.15) is 5.26 Å². The summed E-state index contributed by atoms with van der Waals surface area (Å²) in [6, 6.07) is 14.6. The molecule has 0 bridgehead atoms. The van der Waals surface area contributed by atoms with Crippen LogP contribution in [0.15, 0.2) is 53.9 Å². The zero-order chi connectivity index (χ0) is 22.8. The molecule has 0 aliphatic rings. The molecule has 32 heavy (non-hydrogen) atoms. The number of rotatable bonds is 10. The number of methoxy groups -OCH3 is 1. The van der Waals surface area contributed by atoms with Crippen LogP contribution in [0.3, 0.4) is 0 Å². The summed E-state index contributed by atoms with van der Waals surface area (Å²) >= 11 is 1.46. The first kappa shape index (κ1) is 22.8. The SMILES string of the molecule is CCOc1ccc(-c2nc(COC(=O)/C=C/c3ccc(OCC#N)cc3)cs2)cc1OC. The van der Waals surface area contributed by atoms with E-state index < -0.39 is 5.97 Å². The summed E-state index contributed by atoms with van der Waals surface area (Å²) in [4.78, 5) is 16.6. The van der Waals surface area contributed by atoms with Gasteiger partial charge in [-0.05, 0) is 48.9 Å². The molecular weight excluding hydrogens is 428 g/mol. The number of carbonyl (C=O) groups is 1. The highest BCUT2D eigenvalue weighted by atomic mass is 32.1. The van der Waals surface area contributed by atoms with E-state index in [2.05, 4.69) is 4.98 Å². The van der Waals surface area contributed by atoms with Crippen molar-refractivity contribution in [3.05, 3.63) is 65.2 Å². The highest BCUT2D eigenvalue weighted by Gasteiger charge is 2.11. The second-order valence-electron chi connectivity index (χ2n) is 6.40. The number of aromatic nitrogens is 1. The van der Waals surface area contributed by atoms with Gasteiger partial charge in [-0.1, -0.05) is 12.1 Å². The monoisotopic (exact) mass is 450 g/mol. The van der Waals surface area contributed by atoms with E-state index >= 15 is 0 Å². The maximum Gasteiger partial charge on any atom is 0.331 e. The Morgan fingerprint density at radius 2 is 1.97 bits per heavy atom. The van der Waals surface area contributed by atoms with Crippen LogP contribution in [0.4, 0.5) is 0 Å². The molecule has 0 unspecified atom stereocenters. The summed E-state index contributed by atoms with van der Waals surface area (Å²) in [5.74, 6) is 1.45. The van der Waals surface area contributed by atoms with E-state index in [0.717, 1.165) is 16.1 Å². The van der Waals surface area contributed by atoms with Gasteiger partial charge in [0.2, 0.25) is 0 Å². The Morgan fingerprint density at radius 3 is 2.69 bits per heavy atom. The summed E-state index contributed by atoms with van der Waals surface area (Å²) in [5, 5.41) is 11.2. The molecule has 0 N–H and O–H groups in total. The predicted molar refractivity (Wildman–Crippen MR) is 122 cm³/mol. The number of hydrogen-bond donors (Lipinski definition) is 0. The maximum absolute atomic E-state index is 12.0. The van der Waals surface area contributed by atoms with Crippen LogP contribution in [0, 0.1) is 11.3 Å². The summed E-state index contributed by atoms with van der Waals surface area (Å²) in [5.41, 5.74) is 2.38. The van der Waals surface area contributed by atoms with Gasteiger partial charge in [0.15, 0.2) is 18.1 Å². The molecule has 1 heterocycles. The Balaban J connectivity index is 1.55. The fourth-order valence-corrected chi connectivity index (χ4v) is 3.53. The van der Waals surface area contributed by atoms with Gasteiger partial charge in [0, 0.05) is 17.0 Å². The molecule has 0 amide bonds. The zero-order valence-corrected chi connectivity index (χ0v) is 18.6. The number of ether oxygens (including phenoxy) is 4. The minimum Gasteiger partial charge on any atom is -0.493 e. The fraction of sp³-hybridized carbons (Fsp3) is 0.208. The molecule has 0 radical (unpaired) electrons. The van der Waals surface area contributed by atoms with Crippen LogP contribution in [0.2, 0.25) is 0 Å². The van der Waals surface area contributed by atoms with Crippen molar-refractivity contribution in [1.82, 2.24) is 4.98 Å². The number of benzene rings is 2. The zero-order valence-electron chi connectivity index (χ0n) is 17.7. The van der Waals surface area contributed by atoms with Crippen molar-refractivity contribution in [2.45, 2.75) is 13.5 Å². The summed E-state index contributed by atoms with van der Waals surface area (Å²) < 4.78 is 21.4. The number of hydrogen-bond acceptors (Lipinski definition) is 8. The molecule has 8 heteroatoms. The molecule has 0 saturated carbocycles. The van der Waals surface area contributed by atoms with E-state index in [1.165, 1.54) is 17.4 Å². The first-order valence-corrected chi connectivity index (χ1v) is 10.7. The van der Waals surface area contributed by atoms with Gasteiger partial charge in [0.1, 0.15) is 23.4 Å². The van der Waals surface area contributed by atoms with Gasteiger partial charge >= 0.3 is 5.97 Å². The van der Waals surface area contributed by atoms with Crippen molar-refractivity contribution in [2.24, 2.45) is 0 Å². The van der Waals surface area contributed by atoms with Crippen LogP contribution in [0.1, 0.15) is 18.2 Å². The Labute approximate surface area is 190 Å². The van der Waals surface area contributed by atoms with Gasteiger partial charge in [-0.15, -0.1) is 11.3 Å². The quantitative estimate of drug-likeness (QED) is 0.321. The smallest absolute Gasteiger partial charge is 0.331 e. The highest BCUT2D eigenvalue weighted by molar-refractivity contribution is 7.13. The van der Waals surface area contributed by atoms with E-state index in [4.69, 9.17) is 24.2 Å². The molecule has 0 aliphatic heterocycles. The third-order valence-corrected chi connectivity index (χ3v) is 5.16.